The summed E-state index contributed by atoms with van der Waals surface area (Å²) >= 11 is 0. The SMILES string of the molecule is CCCCCCCCCCCCOC(=O)/C=C/C(=O)O. The lowest BCUT2D eigenvalue weighted by molar-refractivity contribution is -0.138. The lowest BCUT2D eigenvalue weighted by atomic mass is 10.1. The van der Waals surface area contributed by atoms with Gasteiger partial charge in [-0.2, -0.15) is 0 Å². The van der Waals surface area contributed by atoms with Gasteiger partial charge in [-0.05, 0) is 6.42 Å². The van der Waals surface area contributed by atoms with Crippen molar-refractivity contribution in [3.8, 4) is 0 Å². The van der Waals surface area contributed by atoms with Gasteiger partial charge >= 0.3 is 11.9 Å². The van der Waals surface area contributed by atoms with E-state index >= 15 is 0 Å². The molecule has 0 aromatic rings. The van der Waals surface area contributed by atoms with E-state index in [1.807, 2.05) is 0 Å². The first-order valence-corrected chi connectivity index (χ1v) is 7.74. The third-order valence-corrected chi connectivity index (χ3v) is 3.10. The molecule has 0 aliphatic rings. The van der Waals surface area contributed by atoms with E-state index in [9.17, 15) is 9.59 Å². The van der Waals surface area contributed by atoms with Crippen LogP contribution in [0.5, 0.6) is 0 Å². The van der Waals surface area contributed by atoms with Gasteiger partial charge in [-0.3, -0.25) is 0 Å². The van der Waals surface area contributed by atoms with Crippen LogP contribution in [0.25, 0.3) is 0 Å². The van der Waals surface area contributed by atoms with Crippen molar-refractivity contribution in [3.05, 3.63) is 12.2 Å². The minimum atomic E-state index is -1.14. The van der Waals surface area contributed by atoms with Crippen molar-refractivity contribution >= 4 is 11.9 Å². The van der Waals surface area contributed by atoms with Gasteiger partial charge in [0.05, 0.1) is 6.61 Å². The Balaban J connectivity index is 3.20. The molecule has 0 radical (unpaired) electrons. The number of carbonyl (C=O) groups excluding carboxylic acids is 1. The molecule has 4 heteroatoms. The van der Waals surface area contributed by atoms with Crippen molar-refractivity contribution in [1.82, 2.24) is 0 Å². The van der Waals surface area contributed by atoms with Crippen molar-refractivity contribution in [3.63, 3.8) is 0 Å². The second-order valence-corrected chi connectivity index (χ2v) is 5.02. The zero-order valence-electron chi connectivity index (χ0n) is 12.6. The number of aliphatic carboxylic acids is 1. The fourth-order valence-electron chi connectivity index (χ4n) is 1.95. The smallest absolute Gasteiger partial charge is 0.331 e. The van der Waals surface area contributed by atoms with Crippen LogP contribution in [0.15, 0.2) is 12.2 Å². The van der Waals surface area contributed by atoms with E-state index in [0.29, 0.717) is 6.61 Å². The van der Waals surface area contributed by atoms with E-state index in [2.05, 4.69) is 6.92 Å². The summed E-state index contributed by atoms with van der Waals surface area (Å²) < 4.78 is 4.88. The van der Waals surface area contributed by atoms with Crippen LogP contribution in [0.2, 0.25) is 0 Å². The number of esters is 1. The largest absolute Gasteiger partial charge is 0.478 e. The Morgan fingerprint density at radius 2 is 1.35 bits per heavy atom. The fraction of sp³-hybridized carbons (Fsp3) is 0.750. The first-order valence-electron chi connectivity index (χ1n) is 7.74. The summed E-state index contributed by atoms with van der Waals surface area (Å²) in [5.41, 5.74) is 0. The zero-order valence-corrected chi connectivity index (χ0v) is 12.6. The number of hydrogen-bond donors (Lipinski definition) is 1. The highest BCUT2D eigenvalue weighted by molar-refractivity contribution is 5.90. The Hall–Kier alpha value is -1.32. The van der Waals surface area contributed by atoms with E-state index in [1.165, 1.54) is 51.4 Å². The summed E-state index contributed by atoms with van der Waals surface area (Å²) in [5.74, 6) is -1.72. The molecule has 0 fully saturated rings. The molecule has 0 unspecified atom stereocenters. The van der Waals surface area contributed by atoms with Gasteiger partial charge in [0.2, 0.25) is 0 Å². The van der Waals surface area contributed by atoms with Crippen LogP contribution in [-0.2, 0) is 14.3 Å². The van der Waals surface area contributed by atoms with Crippen LogP contribution in [-0.4, -0.2) is 23.7 Å². The molecule has 1 N–H and O–H groups in total. The van der Waals surface area contributed by atoms with E-state index in [-0.39, 0.29) is 0 Å². The van der Waals surface area contributed by atoms with Gasteiger partial charge in [-0.1, -0.05) is 64.7 Å². The molecular formula is C16H28O4. The zero-order chi connectivity index (χ0) is 15.1. The summed E-state index contributed by atoms with van der Waals surface area (Å²) in [7, 11) is 0. The fourth-order valence-corrected chi connectivity index (χ4v) is 1.95. The number of carbonyl (C=O) groups is 2. The predicted octanol–water partition coefficient (Wildman–Crippen LogP) is 4.09. The number of hydrogen-bond acceptors (Lipinski definition) is 3. The van der Waals surface area contributed by atoms with Crippen LogP contribution in [0, 0.1) is 0 Å². The molecule has 116 valence electrons. The molecule has 0 saturated carbocycles. The van der Waals surface area contributed by atoms with E-state index in [1.54, 1.807) is 0 Å². The topological polar surface area (TPSA) is 63.6 Å². The molecule has 0 heterocycles. The quantitative estimate of drug-likeness (QED) is 0.314. The number of ether oxygens (including phenoxy) is 1. The third-order valence-electron chi connectivity index (χ3n) is 3.10. The lowest BCUT2D eigenvalue weighted by Crippen LogP contribution is -2.03. The average molecular weight is 284 g/mol. The van der Waals surface area contributed by atoms with Gasteiger partial charge in [0.15, 0.2) is 0 Å². The number of carboxylic acids is 1. The highest BCUT2D eigenvalue weighted by Gasteiger charge is 1.98. The minimum Gasteiger partial charge on any atom is -0.478 e. The van der Waals surface area contributed by atoms with Gasteiger partial charge in [0.25, 0.3) is 0 Å². The van der Waals surface area contributed by atoms with Crippen molar-refractivity contribution in [2.45, 2.75) is 71.1 Å². The molecule has 4 nitrogen and oxygen atoms in total. The van der Waals surface area contributed by atoms with E-state index in [4.69, 9.17) is 9.84 Å². The molecular weight excluding hydrogens is 256 g/mol. The first-order chi connectivity index (χ1) is 9.66. The second kappa shape index (κ2) is 14.1. The first kappa shape index (κ1) is 18.7. The summed E-state index contributed by atoms with van der Waals surface area (Å²) in [6.45, 7) is 2.60. The third kappa shape index (κ3) is 14.7. The molecule has 0 spiro atoms. The standard InChI is InChI=1S/C16H28O4/c1-2-3-4-5-6-7-8-9-10-11-14-20-16(19)13-12-15(17)18/h12-13H,2-11,14H2,1H3,(H,17,18)/b13-12+. The van der Waals surface area contributed by atoms with Gasteiger partial charge < -0.3 is 9.84 Å². The van der Waals surface area contributed by atoms with Gasteiger partial charge in [-0.25, -0.2) is 9.59 Å². The monoisotopic (exact) mass is 284 g/mol. The maximum absolute atomic E-state index is 11.0. The molecule has 0 aromatic heterocycles. The van der Waals surface area contributed by atoms with Gasteiger partial charge in [0.1, 0.15) is 0 Å². The Morgan fingerprint density at radius 3 is 1.85 bits per heavy atom. The van der Waals surface area contributed by atoms with Crippen LogP contribution in [0.3, 0.4) is 0 Å². The van der Waals surface area contributed by atoms with Crippen LogP contribution < -0.4 is 0 Å². The van der Waals surface area contributed by atoms with Crippen LogP contribution in [0.1, 0.15) is 71.1 Å². The van der Waals surface area contributed by atoms with Crippen molar-refractivity contribution in [2.24, 2.45) is 0 Å². The van der Waals surface area contributed by atoms with Crippen molar-refractivity contribution < 1.29 is 19.4 Å². The van der Waals surface area contributed by atoms with Crippen molar-refractivity contribution in [1.29, 1.82) is 0 Å². The molecule has 0 aliphatic carbocycles. The average Bonchev–Trinajstić information content (AvgIpc) is 2.42. The van der Waals surface area contributed by atoms with Crippen molar-refractivity contribution in [2.75, 3.05) is 6.61 Å². The molecule has 0 aliphatic heterocycles. The number of rotatable bonds is 13. The number of carboxylic acid groups (broad SMARTS) is 1. The van der Waals surface area contributed by atoms with Gasteiger partial charge in [0, 0.05) is 12.2 Å². The molecule has 0 bridgehead atoms. The predicted molar refractivity (Wildman–Crippen MR) is 79.6 cm³/mol. The summed E-state index contributed by atoms with van der Waals surface area (Å²) in [6.07, 6.45) is 14.0. The van der Waals surface area contributed by atoms with E-state index < -0.39 is 11.9 Å². The summed E-state index contributed by atoms with van der Waals surface area (Å²) in [5, 5.41) is 8.33. The van der Waals surface area contributed by atoms with Gasteiger partial charge in [-0.15, -0.1) is 0 Å². The maximum Gasteiger partial charge on any atom is 0.331 e. The maximum atomic E-state index is 11.0. The summed E-state index contributed by atoms with van der Waals surface area (Å²) in [4.78, 5) is 21.2. The molecule has 0 saturated heterocycles. The van der Waals surface area contributed by atoms with Crippen LogP contribution >= 0.6 is 0 Å². The molecule has 0 atom stereocenters. The van der Waals surface area contributed by atoms with E-state index in [0.717, 1.165) is 25.0 Å². The molecule has 0 amide bonds. The second-order valence-electron chi connectivity index (χ2n) is 5.02. The molecule has 0 aromatic carbocycles. The van der Waals surface area contributed by atoms with Crippen LogP contribution in [0.4, 0.5) is 0 Å². The molecule has 20 heavy (non-hydrogen) atoms. The lowest BCUT2D eigenvalue weighted by Gasteiger charge is -2.03. The molecule has 0 rings (SSSR count). The normalized spacial score (nSPS) is 10.8. The Labute approximate surface area is 122 Å². The minimum absolute atomic E-state index is 0.374. The Kier molecular flexibility index (Phi) is 13.2. The number of unbranched alkanes of at least 4 members (excludes halogenated alkanes) is 9. The highest BCUT2D eigenvalue weighted by atomic mass is 16.5. The Morgan fingerprint density at radius 1 is 0.850 bits per heavy atom. The Bertz CT molecular complexity index is 284. The highest BCUT2D eigenvalue weighted by Crippen LogP contribution is 2.10. The summed E-state index contributed by atoms with van der Waals surface area (Å²) in [6, 6.07) is 0.